The molecule has 1 aromatic rings. The highest BCUT2D eigenvalue weighted by Gasteiger charge is 2.17. The number of rotatable bonds is 6. The number of carbonyl (C=O) groups is 1. The van der Waals surface area contributed by atoms with E-state index in [9.17, 15) is 4.79 Å². The van der Waals surface area contributed by atoms with Gasteiger partial charge in [0.1, 0.15) is 5.75 Å². The molecule has 0 atom stereocenters. The Morgan fingerprint density at radius 2 is 2.17 bits per heavy atom. The zero-order chi connectivity index (χ0) is 13.5. The normalized spacial score (nSPS) is 10.2. The van der Waals surface area contributed by atoms with Gasteiger partial charge in [-0.1, -0.05) is 15.9 Å². The number of hydrogen-bond acceptors (Lipinski definition) is 2. The minimum Gasteiger partial charge on any atom is -0.497 e. The SMILES string of the molecule is CCN(CCCBr)C(=O)c1cc(OC)ccc1Br. The molecule has 100 valence electrons. The van der Waals surface area contributed by atoms with Gasteiger partial charge in [-0.3, -0.25) is 4.79 Å². The predicted molar refractivity (Wildman–Crippen MR) is 80.7 cm³/mol. The second-order valence-electron chi connectivity index (χ2n) is 3.77. The van der Waals surface area contributed by atoms with Crippen molar-refractivity contribution in [3.05, 3.63) is 28.2 Å². The lowest BCUT2D eigenvalue weighted by Gasteiger charge is -2.21. The van der Waals surface area contributed by atoms with E-state index in [1.165, 1.54) is 0 Å². The number of ether oxygens (including phenoxy) is 1. The van der Waals surface area contributed by atoms with Crippen LogP contribution in [-0.4, -0.2) is 36.3 Å². The van der Waals surface area contributed by atoms with Gasteiger partial charge in [0.15, 0.2) is 0 Å². The first-order valence-electron chi connectivity index (χ1n) is 5.82. The fourth-order valence-electron chi connectivity index (χ4n) is 1.62. The number of alkyl halides is 1. The van der Waals surface area contributed by atoms with Gasteiger partial charge in [-0.15, -0.1) is 0 Å². The van der Waals surface area contributed by atoms with Crippen LogP contribution in [0.15, 0.2) is 22.7 Å². The molecule has 0 saturated heterocycles. The standard InChI is InChI=1S/C13H17Br2NO2/c1-3-16(8-4-7-14)13(17)11-9-10(18-2)5-6-12(11)15/h5-6,9H,3-4,7-8H2,1-2H3. The maximum absolute atomic E-state index is 12.4. The summed E-state index contributed by atoms with van der Waals surface area (Å²) in [5, 5.41) is 0.899. The van der Waals surface area contributed by atoms with Gasteiger partial charge >= 0.3 is 0 Å². The van der Waals surface area contributed by atoms with Crippen molar-refractivity contribution in [2.45, 2.75) is 13.3 Å². The molecule has 0 aliphatic rings. The van der Waals surface area contributed by atoms with Crippen molar-refractivity contribution in [1.29, 1.82) is 0 Å². The molecule has 18 heavy (non-hydrogen) atoms. The molecule has 1 amide bonds. The fraction of sp³-hybridized carbons (Fsp3) is 0.462. The highest BCUT2D eigenvalue weighted by atomic mass is 79.9. The third kappa shape index (κ3) is 3.99. The minimum absolute atomic E-state index is 0.0317. The highest BCUT2D eigenvalue weighted by molar-refractivity contribution is 9.10. The van der Waals surface area contributed by atoms with E-state index in [1.807, 2.05) is 24.0 Å². The molecule has 0 aliphatic carbocycles. The van der Waals surface area contributed by atoms with Crippen LogP contribution >= 0.6 is 31.9 Å². The Bertz CT molecular complexity index is 410. The summed E-state index contributed by atoms with van der Waals surface area (Å²) >= 11 is 6.80. The average Bonchev–Trinajstić information content (AvgIpc) is 2.40. The molecule has 0 N–H and O–H groups in total. The molecular weight excluding hydrogens is 362 g/mol. The number of benzene rings is 1. The summed E-state index contributed by atoms with van der Waals surface area (Å²) in [7, 11) is 1.60. The molecular formula is C13H17Br2NO2. The first-order chi connectivity index (χ1) is 8.63. The first kappa shape index (κ1) is 15.5. The molecule has 0 fully saturated rings. The summed E-state index contributed by atoms with van der Waals surface area (Å²) in [6, 6.07) is 5.43. The topological polar surface area (TPSA) is 29.5 Å². The highest BCUT2D eigenvalue weighted by Crippen LogP contribution is 2.23. The van der Waals surface area contributed by atoms with Crippen molar-refractivity contribution in [2.75, 3.05) is 25.5 Å². The Hall–Kier alpha value is -0.550. The Balaban J connectivity index is 2.93. The van der Waals surface area contributed by atoms with Gasteiger partial charge in [-0.05, 0) is 47.5 Å². The average molecular weight is 379 g/mol. The summed E-state index contributed by atoms with van der Waals surface area (Å²) < 4.78 is 5.95. The quantitative estimate of drug-likeness (QED) is 0.706. The van der Waals surface area contributed by atoms with Gasteiger partial charge in [-0.2, -0.15) is 0 Å². The molecule has 5 heteroatoms. The van der Waals surface area contributed by atoms with Crippen molar-refractivity contribution in [1.82, 2.24) is 4.90 Å². The van der Waals surface area contributed by atoms with E-state index in [1.54, 1.807) is 13.2 Å². The van der Waals surface area contributed by atoms with E-state index in [0.717, 1.165) is 22.8 Å². The van der Waals surface area contributed by atoms with Gasteiger partial charge in [0, 0.05) is 22.9 Å². The summed E-state index contributed by atoms with van der Waals surface area (Å²) in [4.78, 5) is 14.2. The van der Waals surface area contributed by atoms with E-state index in [4.69, 9.17) is 4.74 Å². The summed E-state index contributed by atoms with van der Waals surface area (Å²) in [5.41, 5.74) is 0.644. The van der Waals surface area contributed by atoms with Gasteiger partial charge < -0.3 is 9.64 Å². The summed E-state index contributed by atoms with van der Waals surface area (Å²) in [5.74, 6) is 0.724. The van der Waals surface area contributed by atoms with Crippen molar-refractivity contribution < 1.29 is 9.53 Å². The molecule has 1 aromatic carbocycles. The minimum atomic E-state index is 0.0317. The number of amides is 1. The lowest BCUT2D eigenvalue weighted by atomic mass is 10.2. The van der Waals surface area contributed by atoms with Crippen molar-refractivity contribution >= 4 is 37.8 Å². The first-order valence-corrected chi connectivity index (χ1v) is 7.74. The smallest absolute Gasteiger partial charge is 0.255 e. The zero-order valence-electron chi connectivity index (χ0n) is 10.6. The largest absolute Gasteiger partial charge is 0.497 e. The molecule has 1 rings (SSSR count). The van der Waals surface area contributed by atoms with Crippen LogP contribution in [-0.2, 0) is 0 Å². The van der Waals surface area contributed by atoms with E-state index in [0.29, 0.717) is 17.9 Å². The van der Waals surface area contributed by atoms with Crippen LogP contribution in [0.25, 0.3) is 0 Å². The molecule has 0 aliphatic heterocycles. The van der Waals surface area contributed by atoms with Crippen LogP contribution in [0.4, 0.5) is 0 Å². The van der Waals surface area contributed by atoms with Gasteiger partial charge in [0.25, 0.3) is 5.91 Å². The predicted octanol–water partition coefficient (Wildman–Crippen LogP) is 3.70. The van der Waals surface area contributed by atoms with Crippen LogP contribution in [0.3, 0.4) is 0 Å². The molecule has 0 bridgehead atoms. The van der Waals surface area contributed by atoms with Crippen LogP contribution in [0.1, 0.15) is 23.7 Å². The number of nitrogens with zero attached hydrogens (tertiary/aromatic N) is 1. The van der Waals surface area contributed by atoms with Crippen LogP contribution in [0, 0.1) is 0 Å². The number of hydrogen-bond donors (Lipinski definition) is 0. The van der Waals surface area contributed by atoms with E-state index < -0.39 is 0 Å². The molecule has 0 saturated carbocycles. The zero-order valence-corrected chi connectivity index (χ0v) is 13.8. The number of methoxy groups -OCH3 is 1. The van der Waals surface area contributed by atoms with E-state index in [2.05, 4.69) is 31.9 Å². The maximum atomic E-state index is 12.4. The maximum Gasteiger partial charge on any atom is 0.255 e. The third-order valence-electron chi connectivity index (χ3n) is 2.63. The Morgan fingerprint density at radius 1 is 1.44 bits per heavy atom. The molecule has 0 unspecified atom stereocenters. The van der Waals surface area contributed by atoms with Gasteiger partial charge in [0.2, 0.25) is 0 Å². The molecule has 0 heterocycles. The summed E-state index contributed by atoms with van der Waals surface area (Å²) in [6.07, 6.45) is 0.946. The number of halogens is 2. The molecule has 0 spiro atoms. The van der Waals surface area contributed by atoms with E-state index >= 15 is 0 Å². The Kier molecular flexibility index (Phi) is 6.71. The fourth-order valence-corrected chi connectivity index (χ4v) is 2.29. The second-order valence-corrected chi connectivity index (χ2v) is 5.42. The lowest BCUT2D eigenvalue weighted by Crippen LogP contribution is -2.32. The molecule has 0 radical (unpaired) electrons. The molecule has 3 nitrogen and oxygen atoms in total. The Morgan fingerprint density at radius 3 is 2.72 bits per heavy atom. The third-order valence-corrected chi connectivity index (χ3v) is 3.89. The van der Waals surface area contributed by atoms with Crippen molar-refractivity contribution in [3.63, 3.8) is 0 Å². The van der Waals surface area contributed by atoms with Gasteiger partial charge in [-0.25, -0.2) is 0 Å². The van der Waals surface area contributed by atoms with Crippen LogP contribution < -0.4 is 4.74 Å². The van der Waals surface area contributed by atoms with Crippen molar-refractivity contribution in [2.24, 2.45) is 0 Å². The van der Waals surface area contributed by atoms with Gasteiger partial charge in [0.05, 0.1) is 12.7 Å². The Labute approximate surface area is 125 Å². The summed E-state index contributed by atoms with van der Waals surface area (Å²) in [6.45, 7) is 3.44. The van der Waals surface area contributed by atoms with E-state index in [-0.39, 0.29) is 5.91 Å². The lowest BCUT2D eigenvalue weighted by molar-refractivity contribution is 0.0764. The number of carbonyl (C=O) groups excluding carboxylic acids is 1. The van der Waals surface area contributed by atoms with Crippen molar-refractivity contribution in [3.8, 4) is 5.75 Å². The van der Waals surface area contributed by atoms with Crippen LogP contribution in [0.2, 0.25) is 0 Å². The molecule has 0 aromatic heterocycles. The van der Waals surface area contributed by atoms with Crippen LogP contribution in [0.5, 0.6) is 5.75 Å². The second kappa shape index (κ2) is 7.79. The monoisotopic (exact) mass is 377 g/mol.